The summed E-state index contributed by atoms with van der Waals surface area (Å²) in [5.74, 6) is -0.879. The second-order valence-electron chi connectivity index (χ2n) is 17.7. The van der Waals surface area contributed by atoms with Gasteiger partial charge in [0.15, 0.2) is 6.10 Å². The highest BCUT2D eigenvalue weighted by molar-refractivity contribution is 7.47. The van der Waals surface area contributed by atoms with E-state index in [-0.39, 0.29) is 32.2 Å². The average Bonchev–Trinajstić information content (AvgIpc) is 3.20. The number of unbranched alkanes of at least 4 members (excludes halogenated alkanes) is 19. The third-order valence-electron chi connectivity index (χ3n) is 10.4. The molecule has 3 atom stereocenters. The number of likely N-dealkylation sites (N-methyl/N-ethyl adjacent to an activating group) is 1. The molecule has 10 nitrogen and oxygen atoms in total. The Kier molecular flexibility index (Phi) is 40.5. The van der Waals surface area contributed by atoms with Gasteiger partial charge >= 0.3 is 19.8 Å². The van der Waals surface area contributed by atoms with E-state index in [0.717, 1.165) is 57.8 Å². The quantitative estimate of drug-likeness (QED) is 0.0202. The summed E-state index contributed by atoms with van der Waals surface area (Å²) in [5.41, 5.74) is 0. The van der Waals surface area contributed by atoms with E-state index in [1.807, 2.05) is 33.3 Å². The molecule has 0 aromatic rings. The zero-order valence-electron chi connectivity index (χ0n) is 39.8. The monoisotopic (exact) mass is 883 g/mol. The van der Waals surface area contributed by atoms with E-state index in [4.69, 9.17) is 18.5 Å². The van der Waals surface area contributed by atoms with Gasteiger partial charge < -0.3 is 24.0 Å². The van der Waals surface area contributed by atoms with Crippen molar-refractivity contribution in [3.05, 3.63) is 48.6 Å². The van der Waals surface area contributed by atoms with E-state index in [1.165, 1.54) is 96.3 Å². The van der Waals surface area contributed by atoms with Crippen molar-refractivity contribution in [3.63, 3.8) is 0 Å². The molecule has 0 saturated carbocycles. The van der Waals surface area contributed by atoms with Crippen molar-refractivity contribution in [1.29, 1.82) is 0 Å². The lowest BCUT2D eigenvalue weighted by molar-refractivity contribution is -0.870. The zero-order chi connectivity index (χ0) is 45.1. The van der Waals surface area contributed by atoms with Crippen LogP contribution in [0.25, 0.3) is 0 Å². The topological polar surface area (TPSA) is 129 Å². The Morgan fingerprint density at radius 2 is 1.03 bits per heavy atom. The molecule has 61 heavy (non-hydrogen) atoms. The molecule has 0 aliphatic rings. The Bertz CT molecular complexity index is 1200. The Morgan fingerprint density at radius 3 is 1.52 bits per heavy atom. The van der Waals surface area contributed by atoms with Gasteiger partial charge in [-0.3, -0.25) is 18.6 Å². The molecule has 2 N–H and O–H groups in total. The molecule has 11 heteroatoms. The van der Waals surface area contributed by atoms with Gasteiger partial charge in [-0.15, -0.1) is 0 Å². The second kappa shape index (κ2) is 41.9. The number of rotatable bonds is 44. The average molecular weight is 883 g/mol. The van der Waals surface area contributed by atoms with Gasteiger partial charge in [0.25, 0.3) is 0 Å². The van der Waals surface area contributed by atoms with Crippen LogP contribution in [0, 0.1) is 0 Å². The van der Waals surface area contributed by atoms with Crippen molar-refractivity contribution in [2.75, 3.05) is 47.5 Å². The summed E-state index contributed by atoms with van der Waals surface area (Å²) in [6.45, 7) is 4.17. The SMILES string of the molecule is CCCCCCCCCCCCCCCCCCCCCC(=O)O[C@H](COC(=O)CCC/C=C\C/C=C\C/C=C\C/C=C\CC(O)CCC)COP(=O)(O)OCC[N+](C)(C)C. The van der Waals surface area contributed by atoms with Crippen LogP contribution in [0.1, 0.15) is 200 Å². The summed E-state index contributed by atoms with van der Waals surface area (Å²) in [6, 6.07) is 0. The van der Waals surface area contributed by atoms with E-state index < -0.39 is 32.5 Å². The first-order chi connectivity index (χ1) is 29.4. The van der Waals surface area contributed by atoms with Gasteiger partial charge in [0.1, 0.15) is 19.8 Å². The number of phosphoric ester groups is 1. The van der Waals surface area contributed by atoms with Gasteiger partial charge in [-0.05, 0) is 51.4 Å². The molecular weight excluding hydrogens is 790 g/mol. The molecule has 0 aliphatic heterocycles. The highest BCUT2D eigenvalue weighted by atomic mass is 31.2. The lowest BCUT2D eigenvalue weighted by Gasteiger charge is -2.24. The van der Waals surface area contributed by atoms with Crippen LogP contribution in [0.5, 0.6) is 0 Å². The summed E-state index contributed by atoms with van der Waals surface area (Å²) in [4.78, 5) is 35.5. The van der Waals surface area contributed by atoms with E-state index in [0.29, 0.717) is 30.3 Å². The first-order valence-electron chi connectivity index (χ1n) is 24.4. The molecule has 0 fully saturated rings. The number of quaternary nitrogens is 1. The summed E-state index contributed by atoms with van der Waals surface area (Å²) in [7, 11) is 1.43. The number of carbonyl (C=O) groups is 2. The van der Waals surface area contributed by atoms with Crippen molar-refractivity contribution in [1.82, 2.24) is 0 Å². The number of allylic oxidation sites excluding steroid dienone is 7. The Labute approximate surface area is 374 Å². The number of nitrogens with zero attached hydrogens (tertiary/aromatic N) is 1. The lowest BCUT2D eigenvalue weighted by Crippen LogP contribution is -2.37. The van der Waals surface area contributed by atoms with Crippen LogP contribution in [0.15, 0.2) is 48.6 Å². The molecule has 0 spiro atoms. The zero-order valence-corrected chi connectivity index (χ0v) is 40.6. The van der Waals surface area contributed by atoms with Gasteiger partial charge in [-0.2, -0.15) is 0 Å². The minimum Gasteiger partial charge on any atom is -0.462 e. The number of hydrogen-bond acceptors (Lipinski definition) is 8. The Morgan fingerprint density at radius 1 is 0.574 bits per heavy atom. The first kappa shape index (κ1) is 58.9. The molecule has 2 unspecified atom stereocenters. The molecule has 0 aliphatic carbocycles. The van der Waals surface area contributed by atoms with Crippen LogP contribution in [0.2, 0.25) is 0 Å². The first-order valence-corrected chi connectivity index (χ1v) is 25.9. The number of aliphatic hydroxyl groups excluding tert-OH is 1. The normalized spacial score (nSPS) is 14.4. The van der Waals surface area contributed by atoms with E-state index in [2.05, 4.69) is 50.3 Å². The van der Waals surface area contributed by atoms with Crippen LogP contribution < -0.4 is 0 Å². The number of carbonyl (C=O) groups excluding carboxylic acids is 2. The number of ether oxygens (including phenoxy) is 2. The number of esters is 2. The molecule has 0 rings (SSSR count). The van der Waals surface area contributed by atoms with Crippen LogP contribution >= 0.6 is 7.82 Å². The predicted octanol–water partition coefficient (Wildman–Crippen LogP) is 13.2. The molecule has 0 amide bonds. The van der Waals surface area contributed by atoms with Crippen LogP contribution in [0.3, 0.4) is 0 Å². The van der Waals surface area contributed by atoms with Gasteiger partial charge in [0, 0.05) is 12.8 Å². The maximum Gasteiger partial charge on any atom is 0.472 e. The lowest BCUT2D eigenvalue weighted by atomic mass is 10.0. The number of phosphoric acid groups is 1. The summed E-state index contributed by atoms with van der Waals surface area (Å²) in [6.07, 6.45) is 46.6. The third kappa shape index (κ3) is 45.8. The highest BCUT2D eigenvalue weighted by Gasteiger charge is 2.27. The minimum absolute atomic E-state index is 0.0170. The molecule has 356 valence electrons. The van der Waals surface area contributed by atoms with Crippen LogP contribution in [0.4, 0.5) is 0 Å². The van der Waals surface area contributed by atoms with Crippen molar-refractivity contribution >= 4 is 19.8 Å². The molecule has 0 saturated heterocycles. The van der Waals surface area contributed by atoms with Gasteiger partial charge in [0.05, 0.1) is 33.9 Å². The third-order valence-corrected chi connectivity index (χ3v) is 11.4. The molecule has 0 aromatic carbocycles. The van der Waals surface area contributed by atoms with Gasteiger partial charge in [-0.25, -0.2) is 4.57 Å². The smallest absolute Gasteiger partial charge is 0.462 e. The van der Waals surface area contributed by atoms with Gasteiger partial charge in [-0.1, -0.05) is 184 Å². The molecule has 0 aromatic heterocycles. The summed E-state index contributed by atoms with van der Waals surface area (Å²) >= 11 is 0. The minimum atomic E-state index is -4.40. The van der Waals surface area contributed by atoms with Crippen molar-refractivity contribution in [2.24, 2.45) is 0 Å². The standard InChI is InChI=1S/C50H92NO9P/c1-6-8-9-10-11-12-13-14-15-16-17-18-19-22-26-29-32-35-38-42-50(54)60-48(46-59-61(55,56)58-44-43-51(3,4)5)45-57-49(53)41-37-34-31-28-25-23-20-21-24-27-30-33-36-40-47(52)39-7-2/h20,23-24,27-28,31,33,36,47-48,52H,6-19,21-22,25-26,29-30,32,34-35,37-46H2,1-5H3/p+1/b23-20-,27-24-,31-28-,36-33-/t47?,48-/m1/s1. The summed E-state index contributed by atoms with van der Waals surface area (Å²) in [5, 5.41) is 9.74. The second-order valence-corrected chi connectivity index (χ2v) is 19.1. The van der Waals surface area contributed by atoms with E-state index in [1.54, 1.807) is 0 Å². The molecule has 0 heterocycles. The maximum absolute atomic E-state index is 12.7. The molecule has 0 radical (unpaired) electrons. The van der Waals surface area contributed by atoms with Crippen molar-refractivity contribution < 1.29 is 47.2 Å². The predicted molar refractivity (Wildman–Crippen MR) is 253 cm³/mol. The number of hydrogen-bond donors (Lipinski definition) is 2. The highest BCUT2D eigenvalue weighted by Crippen LogP contribution is 2.43. The van der Waals surface area contributed by atoms with Gasteiger partial charge in [0.2, 0.25) is 0 Å². The number of aliphatic hydroxyl groups is 1. The molecule has 0 bridgehead atoms. The van der Waals surface area contributed by atoms with Crippen molar-refractivity contribution in [3.8, 4) is 0 Å². The largest absolute Gasteiger partial charge is 0.472 e. The fraction of sp³-hybridized carbons (Fsp3) is 0.800. The van der Waals surface area contributed by atoms with E-state index >= 15 is 0 Å². The summed E-state index contributed by atoms with van der Waals surface area (Å²) < 4.78 is 34.3. The Hall–Kier alpha value is -2.07. The van der Waals surface area contributed by atoms with Crippen LogP contribution in [-0.4, -0.2) is 86.1 Å². The van der Waals surface area contributed by atoms with E-state index in [9.17, 15) is 24.2 Å². The van der Waals surface area contributed by atoms with Crippen molar-refractivity contribution in [2.45, 2.75) is 212 Å². The fourth-order valence-corrected chi connectivity index (χ4v) is 7.35. The maximum atomic E-state index is 12.7. The van der Waals surface area contributed by atoms with Crippen LogP contribution in [-0.2, 0) is 32.7 Å². The fourth-order valence-electron chi connectivity index (χ4n) is 6.61. The Balaban J connectivity index is 4.37. The molecular formula is C50H93NO9P+.